The second-order valence-electron chi connectivity index (χ2n) is 5.86. The van der Waals surface area contributed by atoms with Crippen molar-refractivity contribution in [3.8, 4) is 11.5 Å². The predicted octanol–water partition coefficient (Wildman–Crippen LogP) is 1.65. The summed E-state index contributed by atoms with van der Waals surface area (Å²) in [7, 11) is 1.34. The second-order valence-corrected chi connectivity index (χ2v) is 5.86. The molecule has 0 atom stereocenters. The van der Waals surface area contributed by atoms with Gasteiger partial charge in [-0.2, -0.15) is 13.9 Å². The lowest BCUT2D eigenvalue weighted by molar-refractivity contribution is -0.0518. The molecule has 1 aliphatic heterocycles. The average Bonchev–Trinajstić information content (AvgIpc) is 2.65. The van der Waals surface area contributed by atoms with Gasteiger partial charge >= 0.3 is 12.6 Å². The third-order valence-electron chi connectivity index (χ3n) is 4.16. The van der Waals surface area contributed by atoms with Crippen molar-refractivity contribution in [2.75, 3.05) is 13.7 Å². The van der Waals surface area contributed by atoms with Gasteiger partial charge < -0.3 is 19.7 Å². The van der Waals surface area contributed by atoms with E-state index in [0.717, 1.165) is 5.69 Å². The SMILES string of the molecule is COc1cccc(CNC(=O)N2CCc3n[nH]c(=O)cc3C2)c1OC(F)F. The number of halogens is 2. The zero-order valence-electron chi connectivity index (χ0n) is 14.5. The van der Waals surface area contributed by atoms with Gasteiger partial charge in [-0.15, -0.1) is 0 Å². The molecule has 2 N–H and O–H groups in total. The quantitative estimate of drug-likeness (QED) is 0.822. The Hall–Kier alpha value is -3.17. The molecule has 3 rings (SSSR count). The van der Waals surface area contributed by atoms with Crippen molar-refractivity contribution in [2.24, 2.45) is 0 Å². The summed E-state index contributed by atoms with van der Waals surface area (Å²) in [4.78, 5) is 25.4. The largest absolute Gasteiger partial charge is 0.493 e. The van der Waals surface area contributed by atoms with Crippen molar-refractivity contribution < 1.29 is 23.0 Å². The van der Waals surface area contributed by atoms with E-state index in [-0.39, 0.29) is 36.2 Å². The number of nitrogens with one attached hydrogen (secondary N) is 2. The van der Waals surface area contributed by atoms with Gasteiger partial charge in [-0.05, 0) is 6.07 Å². The first kappa shape index (κ1) is 18.6. The van der Waals surface area contributed by atoms with Gasteiger partial charge in [-0.25, -0.2) is 9.89 Å². The van der Waals surface area contributed by atoms with Crippen LogP contribution in [0.1, 0.15) is 16.8 Å². The Labute approximate surface area is 153 Å². The Morgan fingerprint density at radius 1 is 1.44 bits per heavy atom. The van der Waals surface area contributed by atoms with E-state index in [1.54, 1.807) is 12.1 Å². The summed E-state index contributed by atoms with van der Waals surface area (Å²) in [5.74, 6) is 0.0364. The Balaban J connectivity index is 1.69. The molecule has 0 bridgehead atoms. The molecule has 0 saturated heterocycles. The number of methoxy groups -OCH3 is 1. The van der Waals surface area contributed by atoms with Crippen LogP contribution < -0.4 is 20.3 Å². The monoisotopic (exact) mass is 380 g/mol. The standard InChI is InChI=1S/C17H18F2N4O4/c1-26-13-4-2-3-10(15(13)27-16(18)19)8-20-17(25)23-6-5-12-11(9-23)7-14(24)22-21-12/h2-4,7,16H,5-6,8-9H2,1H3,(H,20,25)(H,22,24). The van der Waals surface area contributed by atoms with Gasteiger partial charge in [-0.1, -0.05) is 12.1 Å². The molecule has 2 aromatic rings. The van der Waals surface area contributed by atoms with E-state index in [0.29, 0.717) is 24.1 Å². The van der Waals surface area contributed by atoms with Crippen LogP contribution in [0.4, 0.5) is 13.6 Å². The van der Waals surface area contributed by atoms with Gasteiger partial charge in [0, 0.05) is 43.2 Å². The average molecular weight is 380 g/mol. The summed E-state index contributed by atoms with van der Waals surface area (Å²) in [5.41, 5.74) is 1.46. The summed E-state index contributed by atoms with van der Waals surface area (Å²) in [5, 5.41) is 9.02. The first-order valence-corrected chi connectivity index (χ1v) is 8.19. The number of H-pyrrole nitrogens is 1. The maximum absolute atomic E-state index is 12.7. The number of nitrogens with zero attached hydrogens (tertiary/aromatic N) is 2. The molecule has 0 spiro atoms. The first-order valence-electron chi connectivity index (χ1n) is 8.19. The Bertz CT molecular complexity index is 887. The van der Waals surface area contributed by atoms with Gasteiger partial charge in [0.05, 0.1) is 12.8 Å². The number of carbonyl (C=O) groups is 1. The fraction of sp³-hybridized carbons (Fsp3) is 0.353. The van der Waals surface area contributed by atoms with E-state index in [1.165, 1.54) is 24.1 Å². The van der Waals surface area contributed by atoms with Gasteiger partial charge in [-0.3, -0.25) is 4.79 Å². The lowest BCUT2D eigenvalue weighted by Gasteiger charge is -2.28. The summed E-state index contributed by atoms with van der Waals surface area (Å²) in [6, 6.07) is 5.71. The molecule has 0 saturated carbocycles. The third kappa shape index (κ3) is 4.33. The fourth-order valence-corrected chi connectivity index (χ4v) is 2.89. The summed E-state index contributed by atoms with van der Waals surface area (Å²) in [6.45, 7) is -2.36. The number of aromatic nitrogens is 2. The molecule has 8 nitrogen and oxygen atoms in total. The highest BCUT2D eigenvalue weighted by atomic mass is 19.3. The third-order valence-corrected chi connectivity index (χ3v) is 4.16. The molecule has 27 heavy (non-hydrogen) atoms. The van der Waals surface area contributed by atoms with E-state index >= 15 is 0 Å². The van der Waals surface area contributed by atoms with Gasteiger partial charge in [0.15, 0.2) is 11.5 Å². The van der Waals surface area contributed by atoms with Crippen LogP contribution in [0.2, 0.25) is 0 Å². The lowest BCUT2D eigenvalue weighted by atomic mass is 10.1. The topological polar surface area (TPSA) is 96.5 Å². The van der Waals surface area contributed by atoms with Gasteiger partial charge in [0.1, 0.15) is 0 Å². The number of benzene rings is 1. The van der Waals surface area contributed by atoms with E-state index in [1.807, 2.05) is 0 Å². The van der Waals surface area contributed by atoms with Crippen molar-refractivity contribution in [1.82, 2.24) is 20.4 Å². The van der Waals surface area contributed by atoms with Gasteiger partial charge in [0.2, 0.25) is 0 Å². The molecule has 0 unspecified atom stereocenters. The molecular weight excluding hydrogens is 362 g/mol. The van der Waals surface area contributed by atoms with Crippen molar-refractivity contribution >= 4 is 6.03 Å². The summed E-state index contributed by atoms with van der Waals surface area (Å²) >= 11 is 0. The Morgan fingerprint density at radius 3 is 3.00 bits per heavy atom. The van der Waals surface area contributed by atoms with Crippen LogP contribution in [0.25, 0.3) is 0 Å². The van der Waals surface area contributed by atoms with Crippen LogP contribution >= 0.6 is 0 Å². The molecule has 1 aliphatic rings. The van der Waals surface area contributed by atoms with Gasteiger partial charge in [0.25, 0.3) is 5.56 Å². The van der Waals surface area contributed by atoms with Crippen molar-refractivity contribution in [1.29, 1.82) is 0 Å². The maximum atomic E-state index is 12.7. The molecule has 0 aliphatic carbocycles. The Kier molecular flexibility index (Phi) is 5.53. The molecule has 2 heterocycles. The molecule has 2 amide bonds. The van der Waals surface area contributed by atoms with Crippen LogP contribution in [-0.4, -0.2) is 41.4 Å². The zero-order valence-corrected chi connectivity index (χ0v) is 14.5. The molecule has 10 heteroatoms. The van der Waals surface area contributed by atoms with Crippen LogP contribution in [0.15, 0.2) is 29.1 Å². The lowest BCUT2D eigenvalue weighted by Crippen LogP contribution is -2.43. The highest BCUT2D eigenvalue weighted by Gasteiger charge is 2.23. The van der Waals surface area contributed by atoms with Crippen LogP contribution in [0.5, 0.6) is 11.5 Å². The van der Waals surface area contributed by atoms with Crippen LogP contribution in [0.3, 0.4) is 0 Å². The van der Waals surface area contributed by atoms with Crippen molar-refractivity contribution in [3.63, 3.8) is 0 Å². The number of fused-ring (bicyclic) bond motifs is 1. The number of alkyl halides is 2. The number of aromatic amines is 1. The maximum Gasteiger partial charge on any atom is 0.387 e. The molecule has 144 valence electrons. The van der Waals surface area contributed by atoms with E-state index < -0.39 is 6.61 Å². The number of hydrogen-bond donors (Lipinski definition) is 2. The minimum Gasteiger partial charge on any atom is -0.493 e. The number of ether oxygens (including phenoxy) is 2. The first-order chi connectivity index (χ1) is 13.0. The van der Waals surface area contributed by atoms with E-state index in [9.17, 15) is 18.4 Å². The highest BCUT2D eigenvalue weighted by Crippen LogP contribution is 2.32. The number of rotatable bonds is 5. The summed E-state index contributed by atoms with van der Waals surface area (Å²) < 4.78 is 34.9. The van der Waals surface area contributed by atoms with Crippen LogP contribution in [0, 0.1) is 0 Å². The fourth-order valence-electron chi connectivity index (χ4n) is 2.89. The van der Waals surface area contributed by atoms with Crippen LogP contribution in [-0.2, 0) is 19.5 Å². The van der Waals surface area contributed by atoms with E-state index in [2.05, 4.69) is 20.3 Å². The number of para-hydroxylation sites is 1. The number of urea groups is 1. The van der Waals surface area contributed by atoms with E-state index in [4.69, 9.17) is 4.74 Å². The minimum absolute atomic E-state index is 0.0188. The summed E-state index contributed by atoms with van der Waals surface area (Å²) in [6.07, 6.45) is 0.512. The van der Waals surface area contributed by atoms with Crippen molar-refractivity contribution in [2.45, 2.75) is 26.1 Å². The predicted molar refractivity (Wildman–Crippen MR) is 90.8 cm³/mol. The minimum atomic E-state index is -3.01. The number of amides is 2. The zero-order chi connectivity index (χ0) is 19.4. The smallest absolute Gasteiger partial charge is 0.387 e. The molecule has 0 fully saturated rings. The Morgan fingerprint density at radius 2 is 2.26 bits per heavy atom. The molecule has 1 aromatic heterocycles. The molecule has 1 aromatic carbocycles. The number of carbonyl (C=O) groups excluding carboxylic acids is 1. The normalized spacial score (nSPS) is 13.3. The molecular formula is C17H18F2N4O4. The number of hydrogen-bond acceptors (Lipinski definition) is 5. The second kappa shape index (κ2) is 8.02. The van der Waals surface area contributed by atoms with Crippen molar-refractivity contribution in [3.05, 3.63) is 51.4 Å². The highest BCUT2D eigenvalue weighted by molar-refractivity contribution is 5.74. The molecule has 0 radical (unpaired) electrons.